The maximum absolute atomic E-state index is 10.6. The second kappa shape index (κ2) is 2.73. The van der Waals surface area contributed by atoms with Gasteiger partial charge in [-0.25, -0.2) is 0 Å². The number of hydrogen-bond donors (Lipinski definition) is 1. The molecule has 2 unspecified atom stereocenters. The van der Waals surface area contributed by atoms with Crippen molar-refractivity contribution in [2.24, 2.45) is 11.3 Å². The SMILES string of the molecule is CC(=O)NCC1CC12CCOC2. The van der Waals surface area contributed by atoms with Crippen LogP contribution in [0.4, 0.5) is 0 Å². The number of ether oxygens (including phenoxy) is 1. The standard InChI is InChI=1S/C9H15NO2/c1-7(11)10-5-8-4-9(8)2-3-12-6-9/h8H,2-6H2,1H3,(H,10,11). The Labute approximate surface area is 72.5 Å². The monoisotopic (exact) mass is 169 g/mol. The van der Waals surface area contributed by atoms with Crippen LogP contribution in [0.1, 0.15) is 19.8 Å². The summed E-state index contributed by atoms with van der Waals surface area (Å²) in [6.07, 6.45) is 2.44. The van der Waals surface area contributed by atoms with E-state index in [0.29, 0.717) is 11.3 Å². The van der Waals surface area contributed by atoms with Crippen LogP contribution in [-0.4, -0.2) is 25.7 Å². The summed E-state index contributed by atoms with van der Waals surface area (Å²) in [5.41, 5.74) is 0.461. The van der Waals surface area contributed by atoms with Crippen molar-refractivity contribution in [2.45, 2.75) is 19.8 Å². The second-order valence-corrected chi connectivity index (χ2v) is 4.00. The minimum atomic E-state index is 0.0796. The van der Waals surface area contributed by atoms with Crippen molar-refractivity contribution in [1.82, 2.24) is 5.32 Å². The number of carbonyl (C=O) groups is 1. The summed E-state index contributed by atoms with van der Waals surface area (Å²) in [7, 11) is 0. The van der Waals surface area contributed by atoms with Gasteiger partial charge in [-0.2, -0.15) is 0 Å². The zero-order valence-electron chi connectivity index (χ0n) is 7.43. The maximum atomic E-state index is 10.6. The fraction of sp³-hybridized carbons (Fsp3) is 0.889. The van der Waals surface area contributed by atoms with E-state index in [9.17, 15) is 4.79 Å². The van der Waals surface area contributed by atoms with Gasteiger partial charge in [-0.15, -0.1) is 0 Å². The Morgan fingerprint density at radius 3 is 3.17 bits per heavy atom. The van der Waals surface area contributed by atoms with Gasteiger partial charge in [-0.3, -0.25) is 4.79 Å². The molecule has 1 saturated carbocycles. The van der Waals surface area contributed by atoms with E-state index in [1.165, 1.54) is 12.8 Å². The van der Waals surface area contributed by atoms with Crippen LogP contribution >= 0.6 is 0 Å². The van der Waals surface area contributed by atoms with Crippen molar-refractivity contribution in [1.29, 1.82) is 0 Å². The number of nitrogens with one attached hydrogen (secondary N) is 1. The predicted octanol–water partition coefficient (Wildman–Crippen LogP) is 0.549. The Hall–Kier alpha value is -0.570. The summed E-state index contributed by atoms with van der Waals surface area (Å²) in [4.78, 5) is 10.6. The Morgan fingerprint density at radius 1 is 1.75 bits per heavy atom. The van der Waals surface area contributed by atoms with Crippen molar-refractivity contribution in [3.8, 4) is 0 Å². The fourth-order valence-corrected chi connectivity index (χ4v) is 2.09. The summed E-state index contributed by atoms with van der Waals surface area (Å²) in [5.74, 6) is 0.764. The van der Waals surface area contributed by atoms with Gasteiger partial charge in [0.2, 0.25) is 5.91 Å². The van der Waals surface area contributed by atoms with Crippen molar-refractivity contribution >= 4 is 5.91 Å². The Balaban J connectivity index is 1.76. The smallest absolute Gasteiger partial charge is 0.216 e. The molecule has 3 heteroatoms. The highest BCUT2D eigenvalue weighted by atomic mass is 16.5. The van der Waals surface area contributed by atoms with Crippen molar-refractivity contribution < 1.29 is 9.53 Å². The minimum absolute atomic E-state index is 0.0796. The summed E-state index contributed by atoms with van der Waals surface area (Å²) >= 11 is 0. The van der Waals surface area contributed by atoms with Crippen LogP contribution in [0.3, 0.4) is 0 Å². The van der Waals surface area contributed by atoms with E-state index in [-0.39, 0.29) is 5.91 Å². The maximum Gasteiger partial charge on any atom is 0.216 e. The van der Waals surface area contributed by atoms with E-state index in [2.05, 4.69) is 5.32 Å². The van der Waals surface area contributed by atoms with Gasteiger partial charge in [0.25, 0.3) is 0 Å². The quantitative estimate of drug-likeness (QED) is 0.655. The molecule has 2 fully saturated rings. The molecular weight excluding hydrogens is 154 g/mol. The molecule has 1 aliphatic heterocycles. The first kappa shape index (κ1) is 8.05. The highest BCUT2D eigenvalue weighted by molar-refractivity contribution is 5.72. The molecule has 0 aromatic carbocycles. The van der Waals surface area contributed by atoms with Crippen LogP contribution in [-0.2, 0) is 9.53 Å². The molecule has 1 N–H and O–H groups in total. The van der Waals surface area contributed by atoms with Crippen LogP contribution in [0.25, 0.3) is 0 Å². The first-order valence-electron chi connectivity index (χ1n) is 4.55. The number of hydrogen-bond acceptors (Lipinski definition) is 2. The summed E-state index contributed by atoms with van der Waals surface area (Å²) < 4.78 is 5.35. The molecule has 2 aliphatic rings. The lowest BCUT2D eigenvalue weighted by molar-refractivity contribution is -0.119. The summed E-state index contributed by atoms with van der Waals surface area (Å²) in [6, 6.07) is 0. The Kier molecular flexibility index (Phi) is 1.83. The zero-order chi connectivity index (χ0) is 8.60. The topological polar surface area (TPSA) is 38.3 Å². The molecule has 0 bridgehead atoms. The van der Waals surface area contributed by atoms with Crippen molar-refractivity contribution in [3.05, 3.63) is 0 Å². The molecule has 1 amide bonds. The van der Waals surface area contributed by atoms with Crippen LogP contribution in [0.15, 0.2) is 0 Å². The van der Waals surface area contributed by atoms with Gasteiger partial charge < -0.3 is 10.1 Å². The second-order valence-electron chi connectivity index (χ2n) is 4.00. The molecule has 0 radical (unpaired) electrons. The van der Waals surface area contributed by atoms with Gasteiger partial charge in [0.15, 0.2) is 0 Å². The Bertz CT molecular complexity index is 197. The molecular formula is C9H15NO2. The molecule has 12 heavy (non-hydrogen) atoms. The van der Waals surface area contributed by atoms with E-state index < -0.39 is 0 Å². The lowest BCUT2D eigenvalue weighted by Crippen LogP contribution is -2.24. The average molecular weight is 169 g/mol. The van der Waals surface area contributed by atoms with E-state index in [4.69, 9.17) is 4.74 Å². The molecule has 2 atom stereocenters. The van der Waals surface area contributed by atoms with Gasteiger partial charge in [0.05, 0.1) is 6.61 Å². The minimum Gasteiger partial charge on any atom is -0.381 e. The highest BCUT2D eigenvalue weighted by Crippen LogP contribution is 2.57. The lowest BCUT2D eigenvalue weighted by atomic mass is 10.0. The first-order chi connectivity index (χ1) is 5.73. The number of rotatable bonds is 2. The van der Waals surface area contributed by atoms with Gasteiger partial charge in [0.1, 0.15) is 0 Å². The van der Waals surface area contributed by atoms with E-state index in [1.54, 1.807) is 6.92 Å². The van der Waals surface area contributed by atoms with Gasteiger partial charge >= 0.3 is 0 Å². The number of carbonyl (C=O) groups excluding carboxylic acids is 1. The third-order valence-corrected chi connectivity index (χ3v) is 3.09. The average Bonchev–Trinajstić information content (AvgIpc) is 2.42. The zero-order valence-corrected chi connectivity index (χ0v) is 7.43. The highest BCUT2D eigenvalue weighted by Gasteiger charge is 2.55. The molecule has 1 spiro atoms. The number of amides is 1. The molecule has 0 aromatic heterocycles. The van der Waals surface area contributed by atoms with Gasteiger partial charge in [0, 0.05) is 25.5 Å². The molecule has 1 saturated heterocycles. The summed E-state index contributed by atoms with van der Waals surface area (Å²) in [5, 5.41) is 2.86. The molecule has 1 heterocycles. The Morgan fingerprint density at radius 2 is 2.58 bits per heavy atom. The van der Waals surface area contributed by atoms with Crippen LogP contribution in [0.2, 0.25) is 0 Å². The predicted molar refractivity (Wildman–Crippen MR) is 44.7 cm³/mol. The van der Waals surface area contributed by atoms with E-state index in [0.717, 1.165) is 19.8 Å². The molecule has 0 aromatic rings. The molecule has 2 rings (SSSR count). The lowest BCUT2D eigenvalue weighted by Gasteiger charge is -2.05. The van der Waals surface area contributed by atoms with Crippen molar-refractivity contribution in [3.63, 3.8) is 0 Å². The van der Waals surface area contributed by atoms with E-state index in [1.807, 2.05) is 0 Å². The van der Waals surface area contributed by atoms with Gasteiger partial charge in [-0.05, 0) is 18.8 Å². The molecule has 1 aliphatic carbocycles. The van der Waals surface area contributed by atoms with Crippen LogP contribution in [0, 0.1) is 11.3 Å². The first-order valence-corrected chi connectivity index (χ1v) is 4.55. The van der Waals surface area contributed by atoms with Gasteiger partial charge in [-0.1, -0.05) is 0 Å². The fourth-order valence-electron chi connectivity index (χ4n) is 2.09. The molecule has 68 valence electrons. The normalized spacial score (nSPS) is 38.6. The van der Waals surface area contributed by atoms with Crippen LogP contribution in [0.5, 0.6) is 0 Å². The third-order valence-electron chi connectivity index (χ3n) is 3.09. The van der Waals surface area contributed by atoms with Crippen molar-refractivity contribution in [2.75, 3.05) is 19.8 Å². The largest absolute Gasteiger partial charge is 0.381 e. The van der Waals surface area contributed by atoms with E-state index >= 15 is 0 Å². The molecule has 3 nitrogen and oxygen atoms in total. The third kappa shape index (κ3) is 1.33. The summed E-state index contributed by atoms with van der Waals surface area (Å²) in [6.45, 7) is 4.24. The van der Waals surface area contributed by atoms with Crippen LogP contribution < -0.4 is 5.32 Å².